The van der Waals surface area contributed by atoms with Gasteiger partial charge in [-0.3, -0.25) is 4.90 Å². The van der Waals surface area contributed by atoms with Crippen molar-refractivity contribution in [1.82, 2.24) is 15.1 Å². The summed E-state index contributed by atoms with van der Waals surface area (Å²) in [5.74, 6) is 0. The molecule has 3 aliphatic rings. The molecule has 0 aromatic rings. The van der Waals surface area contributed by atoms with E-state index in [1.165, 1.54) is 52.1 Å². The van der Waals surface area contributed by atoms with E-state index in [0.29, 0.717) is 5.41 Å². The molecule has 0 saturated carbocycles. The molecule has 0 aromatic heterocycles. The van der Waals surface area contributed by atoms with E-state index < -0.39 is 0 Å². The highest BCUT2D eigenvalue weighted by atomic mass is 15.3. The fraction of sp³-hybridized carbons (Fsp3) is 1.00. The molecule has 0 amide bonds. The molecule has 3 fully saturated rings. The number of hydrogen-bond donors (Lipinski definition) is 1. The van der Waals surface area contributed by atoms with Crippen LogP contribution in [0.25, 0.3) is 0 Å². The van der Waals surface area contributed by atoms with Gasteiger partial charge in [-0.2, -0.15) is 0 Å². The topological polar surface area (TPSA) is 18.5 Å². The van der Waals surface area contributed by atoms with Crippen molar-refractivity contribution >= 4 is 0 Å². The standard InChI is InChI=1S/C11H21N3/c1-13-7-11(8-13)3-5-14(9-11)10-2-4-12-6-10/h10,12H,2-9H2,1H3/t10-/m1/s1. The van der Waals surface area contributed by atoms with E-state index in [-0.39, 0.29) is 0 Å². The third-order valence-corrected chi connectivity index (χ3v) is 4.23. The van der Waals surface area contributed by atoms with Crippen molar-refractivity contribution in [2.45, 2.75) is 18.9 Å². The Morgan fingerprint density at radius 1 is 1.29 bits per heavy atom. The SMILES string of the molecule is CN1CC2(CCN([C@@H]3CCNC3)C2)C1. The smallest absolute Gasteiger partial charge is 0.0232 e. The number of likely N-dealkylation sites (tertiary alicyclic amines) is 2. The lowest BCUT2D eigenvalue weighted by Gasteiger charge is -2.46. The molecule has 1 spiro atoms. The summed E-state index contributed by atoms with van der Waals surface area (Å²) in [6, 6.07) is 0.847. The zero-order valence-electron chi connectivity index (χ0n) is 9.13. The summed E-state index contributed by atoms with van der Waals surface area (Å²) in [5, 5.41) is 3.47. The second kappa shape index (κ2) is 3.19. The van der Waals surface area contributed by atoms with Gasteiger partial charge in [0.25, 0.3) is 0 Å². The quantitative estimate of drug-likeness (QED) is 0.635. The van der Waals surface area contributed by atoms with Gasteiger partial charge in [-0.25, -0.2) is 0 Å². The van der Waals surface area contributed by atoms with Gasteiger partial charge in [-0.1, -0.05) is 0 Å². The van der Waals surface area contributed by atoms with Crippen LogP contribution in [0.4, 0.5) is 0 Å². The van der Waals surface area contributed by atoms with Crippen LogP contribution in [-0.4, -0.2) is 62.2 Å². The van der Waals surface area contributed by atoms with Gasteiger partial charge in [-0.05, 0) is 33.0 Å². The molecule has 3 heteroatoms. The lowest BCUT2D eigenvalue weighted by molar-refractivity contribution is 0.0273. The van der Waals surface area contributed by atoms with Gasteiger partial charge in [-0.15, -0.1) is 0 Å². The molecule has 0 radical (unpaired) electrons. The minimum atomic E-state index is 0.692. The van der Waals surface area contributed by atoms with Crippen LogP contribution in [0.3, 0.4) is 0 Å². The van der Waals surface area contributed by atoms with Crippen molar-refractivity contribution in [2.75, 3.05) is 46.3 Å². The predicted molar refractivity (Wildman–Crippen MR) is 57.4 cm³/mol. The van der Waals surface area contributed by atoms with Crippen LogP contribution in [0.5, 0.6) is 0 Å². The summed E-state index contributed by atoms with van der Waals surface area (Å²) in [4.78, 5) is 5.18. The number of nitrogens with one attached hydrogen (secondary N) is 1. The molecule has 0 aromatic carbocycles. The highest BCUT2D eigenvalue weighted by Gasteiger charge is 2.47. The molecule has 0 bridgehead atoms. The van der Waals surface area contributed by atoms with Crippen molar-refractivity contribution < 1.29 is 0 Å². The predicted octanol–water partition coefficient (Wildman–Crippen LogP) is -0.0142. The lowest BCUT2D eigenvalue weighted by atomic mass is 9.79. The van der Waals surface area contributed by atoms with E-state index in [0.717, 1.165) is 6.04 Å². The van der Waals surface area contributed by atoms with Crippen LogP contribution in [0.2, 0.25) is 0 Å². The Hall–Kier alpha value is -0.120. The summed E-state index contributed by atoms with van der Waals surface area (Å²) >= 11 is 0. The molecule has 80 valence electrons. The first-order chi connectivity index (χ1) is 6.77. The fourth-order valence-corrected chi connectivity index (χ4v) is 3.59. The van der Waals surface area contributed by atoms with E-state index >= 15 is 0 Å². The van der Waals surface area contributed by atoms with E-state index in [9.17, 15) is 0 Å². The molecule has 3 heterocycles. The summed E-state index contributed by atoms with van der Waals surface area (Å²) in [5.41, 5.74) is 0.692. The molecule has 1 N–H and O–H groups in total. The van der Waals surface area contributed by atoms with Gasteiger partial charge >= 0.3 is 0 Å². The van der Waals surface area contributed by atoms with Gasteiger partial charge in [0.1, 0.15) is 0 Å². The van der Waals surface area contributed by atoms with E-state index in [4.69, 9.17) is 0 Å². The Balaban J connectivity index is 1.59. The van der Waals surface area contributed by atoms with E-state index in [1.807, 2.05) is 0 Å². The molecule has 0 aliphatic carbocycles. The summed E-state index contributed by atoms with van der Waals surface area (Å²) in [6.07, 6.45) is 2.81. The largest absolute Gasteiger partial charge is 0.315 e. The Bertz CT molecular complexity index is 217. The van der Waals surface area contributed by atoms with E-state index in [2.05, 4.69) is 22.2 Å². The minimum absolute atomic E-state index is 0.692. The second-order valence-electron chi connectivity index (χ2n) is 5.54. The molecule has 14 heavy (non-hydrogen) atoms. The number of rotatable bonds is 1. The molecule has 1 atom stereocenters. The zero-order valence-corrected chi connectivity index (χ0v) is 9.13. The number of hydrogen-bond acceptors (Lipinski definition) is 3. The molecule has 3 nitrogen and oxygen atoms in total. The Morgan fingerprint density at radius 3 is 2.79 bits per heavy atom. The van der Waals surface area contributed by atoms with Crippen molar-refractivity contribution in [3.8, 4) is 0 Å². The van der Waals surface area contributed by atoms with Gasteiger partial charge < -0.3 is 10.2 Å². The molecule has 3 rings (SSSR count). The Kier molecular flexibility index (Phi) is 2.08. The third-order valence-electron chi connectivity index (χ3n) is 4.23. The van der Waals surface area contributed by atoms with Gasteiger partial charge in [0.15, 0.2) is 0 Å². The third kappa shape index (κ3) is 1.38. The van der Waals surface area contributed by atoms with Crippen molar-refractivity contribution in [2.24, 2.45) is 5.41 Å². The Labute approximate surface area is 86.4 Å². The van der Waals surface area contributed by atoms with Crippen LogP contribution < -0.4 is 5.32 Å². The first-order valence-electron chi connectivity index (χ1n) is 5.91. The minimum Gasteiger partial charge on any atom is -0.315 e. The first-order valence-corrected chi connectivity index (χ1v) is 5.91. The normalized spacial score (nSPS) is 37.9. The van der Waals surface area contributed by atoms with Crippen molar-refractivity contribution in [3.05, 3.63) is 0 Å². The van der Waals surface area contributed by atoms with Crippen LogP contribution in [0.1, 0.15) is 12.8 Å². The van der Waals surface area contributed by atoms with Crippen molar-refractivity contribution in [1.29, 1.82) is 0 Å². The second-order valence-corrected chi connectivity index (χ2v) is 5.54. The number of nitrogens with zero attached hydrogens (tertiary/aromatic N) is 2. The maximum atomic E-state index is 3.47. The molecule has 3 aliphatic heterocycles. The molecular formula is C11H21N3. The summed E-state index contributed by atoms with van der Waals surface area (Å²) in [6.45, 7) is 7.84. The fourth-order valence-electron chi connectivity index (χ4n) is 3.59. The summed E-state index contributed by atoms with van der Waals surface area (Å²) in [7, 11) is 2.24. The summed E-state index contributed by atoms with van der Waals surface area (Å²) < 4.78 is 0. The maximum Gasteiger partial charge on any atom is 0.0232 e. The molecule has 3 saturated heterocycles. The maximum absolute atomic E-state index is 3.47. The highest BCUT2D eigenvalue weighted by Crippen LogP contribution is 2.39. The van der Waals surface area contributed by atoms with Crippen LogP contribution in [0.15, 0.2) is 0 Å². The van der Waals surface area contributed by atoms with Gasteiger partial charge in [0, 0.05) is 37.6 Å². The lowest BCUT2D eigenvalue weighted by Crippen LogP contribution is -2.56. The monoisotopic (exact) mass is 195 g/mol. The Morgan fingerprint density at radius 2 is 2.14 bits per heavy atom. The first kappa shape index (κ1) is 9.13. The average molecular weight is 195 g/mol. The van der Waals surface area contributed by atoms with E-state index in [1.54, 1.807) is 0 Å². The van der Waals surface area contributed by atoms with Gasteiger partial charge in [0.2, 0.25) is 0 Å². The molecule has 0 unspecified atom stereocenters. The van der Waals surface area contributed by atoms with Crippen LogP contribution in [-0.2, 0) is 0 Å². The zero-order chi connectivity index (χ0) is 9.60. The average Bonchev–Trinajstić information content (AvgIpc) is 2.68. The van der Waals surface area contributed by atoms with Crippen LogP contribution >= 0.6 is 0 Å². The highest BCUT2D eigenvalue weighted by molar-refractivity contribution is 5.02. The van der Waals surface area contributed by atoms with Gasteiger partial charge in [0.05, 0.1) is 0 Å². The van der Waals surface area contributed by atoms with Crippen LogP contribution in [0, 0.1) is 5.41 Å². The molecular weight excluding hydrogens is 174 g/mol. The van der Waals surface area contributed by atoms with Crippen molar-refractivity contribution in [3.63, 3.8) is 0 Å².